The molecule has 0 unspecified atom stereocenters. The van der Waals surface area contributed by atoms with E-state index in [1.54, 1.807) is 20.8 Å². The lowest BCUT2D eigenvalue weighted by Gasteiger charge is -2.23. The Kier molecular flexibility index (Phi) is 9.76. The van der Waals surface area contributed by atoms with Crippen LogP contribution in [-0.2, 0) is 9.53 Å². The minimum atomic E-state index is -1.07. The van der Waals surface area contributed by atoms with Gasteiger partial charge in [0.15, 0.2) is 0 Å². The molecule has 0 aromatic heterocycles. The number of carbonyl (C=O) groups is 3. The lowest BCUT2D eigenvalue weighted by Crippen LogP contribution is -2.48. The lowest BCUT2D eigenvalue weighted by atomic mass is 10.1. The minimum Gasteiger partial charge on any atom is -0.465 e. The Morgan fingerprint density at radius 3 is 2.26 bits per heavy atom. The van der Waals surface area contributed by atoms with Crippen molar-refractivity contribution in [3.63, 3.8) is 0 Å². The summed E-state index contributed by atoms with van der Waals surface area (Å²) in [5.74, 6) is -0.260. The third kappa shape index (κ3) is 12.3. The van der Waals surface area contributed by atoms with E-state index in [1.807, 2.05) is 6.92 Å². The highest BCUT2D eigenvalue weighted by Crippen LogP contribution is 2.08. The zero-order valence-electron chi connectivity index (χ0n) is 14.4. The molecule has 0 aliphatic carbocycles. The number of carbonyl (C=O) groups excluding carboxylic acids is 2. The first-order chi connectivity index (χ1) is 10.7. The Balaban J connectivity index is 4.41. The first kappa shape index (κ1) is 21.0. The minimum absolute atomic E-state index is 0.260. The third-order valence-electron chi connectivity index (χ3n) is 2.75. The van der Waals surface area contributed by atoms with Gasteiger partial charge in [-0.25, -0.2) is 9.59 Å². The highest BCUT2D eigenvalue weighted by atomic mass is 16.6. The zero-order valence-corrected chi connectivity index (χ0v) is 14.4. The van der Waals surface area contributed by atoms with Gasteiger partial charge in [0.25, 0.3) is 0 Å². The number of alkyl carbamates (subject to hydrolysis) is 1. The predicted molar refractivity (Wildman–Crippen MR) is 86.3 cm³/mol. The Hall–Kier alpha value is -1.99. The maximum atomic E-state index is 12.1. The molecule has 0 aliphatic rings. The summed E-state index contributed by atoms with van der Waals surface area (Å²) in [5.41, 5.74) is -0.639. The monoisotopic (exact) mass is 331 g/mol. The van der Waals surface area contributed by atoms with Crippen LogP contribution < -0.4 is 16.0 Å². The maximum Gasteiger partial charge on any atom is 0.408 e. The van der Waals surface area contributed by atoms with E-state index >= 15 is 0 Å². The molecule has 0 aliphatic heterocycles. The van der Waals surface area contributed by atoms with Crippen molar-refractivity contribution in [3.8, 4) is 0 Å². The summed E-state index contributed by atoms with van der Waals surface area (Å²) in [7, 11) is 0. The highest BCUT2D eigenvalue weighted by Gasteiger charge is 2.23. The molecule has 0 aromatic rings. The number of ether oxygens (including phenoxy) is 1. The van der Waals surface area contributed by atoms with Gasteiger partial charge in [0.1, 0.15) is 11.6 Å². The molecular formula is C15H29N3O5. The van der Waals surface area contributed by atoms with Crippen LogP contribution in [0.1, 0.15) is 53.4 Å². The van der Waals surface area contributed by atoms with Crippen LogP contribution in [0.25, 0.3) is 0 Å². The van der Waals surface area contributed by atoms with Crippen LogP contribution >= 0.6 is 0 Å². The second-order valence-corrected chi connectivity index (χ2v) is 6.22. The number of nitrogens with one attached hydrogen (secondary N) is 3. The molecule has 0 bridgehead atoms. The topological polar surface area (TPSA) is 117 Å². The van der Waals surface area contributed by atoms with Crippen LogP contribution in [0, 0.1) is 0 Å². The third-order valence-corrected chi connectivity index (χ3v) is 2.75. The van der Waals surface area contributed by atoms with Crippen LogP contribution in [0.5, 0.6) is 0 Å². The SMILES string of the molecule is CCCNC(=O)[C@H](CCCCNC(=O)O)NC(=O)OC(C)(C)C. The van der Waals surface area contributed by atoms with E-state index in [0.29, 0.717) is 32.4 Å². The molecule has 4 N–H and O–H groups in total. The van der Waals surface area contributed by atoms with Gasteiger partial charge in [0.2, 0.25) is 5.91 Å². The molecule has 0 radical (unpaired) electrons. The van der Waals surface area contributed by atoms with Crippen molar-refractivity contribution >= 4 is 18.1 Å². The molecule has 0 aromatic carbocycles. The predicted octanol–water partition coefficient (Wildman–Crippen LogP) is 1.84. The molecule has 8 heteroatoms. The molecule has 0 spiro atoms. The van der Waals surface area contributed by atoms with Crippen molar-refractivity contribution in [2.45, 2.75) is 65.0 Å². The fourth-order valence-electron chi connectivity index (χ4n) is 1.76. The van der Waals surface area contributed by atoms with Gasteiger partial charge >= 0.3 is 12.2 Å². The van der Waals surface area contributed by atoms with E-state index in [-0.39, 0.29) is 5.91 Å². The number of unbranched alkanes of at least 4 members (excludes halogenated alkanes) is 1. The molecule has 0 heterocycles. The van der Waals surface area contributed by atoms with Crippen molar-refractivity contribution in [1.82, 2.24) is 16.0 Å². The van der Waals surface area contributed by atoms with Crippen LogP contribution in [0.3, 0.4) is 0 Å². The standard InChI is InChI=1S/C15H29N3O5/c1-5-9-16-12(19)11(8-6-7-10-17-13(20)21)18-14(22)23-15(2,3)4/h11,17H,5-10H2,1-4H3,(H,16,19)(H,18,22)(H,20,21)/t11-/m0/s1. The number of hydrogen-bond acceptors (Lipinski definition) is 4. The molecular weight excluding hydrogens is 302 g/mol. The van der Waals surface area contributed by atoms with Gasteiger partial charge in [-0.2, -0.15) is 0 Å². The summed E-state index contributed by atoms with van der Waals surface area (Å²) in [6.45, 7) is 8.02. The van der Waals surface area contributed by atoms with Gasteiger partial charge in [0.05, 0.1) is 0 Å². The number of carboxylic acid groups (broad SMARTS) is 1. The van der Waals surface area contributed by atoms with Crippen molar-refractivity contribution < 1.29 is 24.2 Å². The van der Waals surface area contributed by atoms with Gasteiger partial charge in [-0.15, -0.1) is 0 Å². The van der Waals surface area contributed by atoms with E-state index < -0.39 is 23.8 Å². The molecule has 134 valence electrons. The zero-order chi connectivity index (χ0) is 17.9. The molecule has 0 fully saturated rings. The molecule has 1 atom stereocenters. The van der Waals surface area contributed by atoms with Crippen molar-refractivity contribution in [3.05, 3.63) is 0 Å². The summed E-state index contributed by atoms with van der Waals surface area (Å²) >= 11 is 0. The van der Waals surface area contributed by atoms with E-state index in [0.717, 1.165) is 6.42 Å². The highest BCUT2D eigenvalue weighted by molar-refractivity contribution is 5.85. The Morgan fingerprint density at radius 1 is 1.09 bits per heavy atom. The molecule has 23 heavy (non-hydrogen) atoms. The van der Waals surface area contributed by atoms with E-state index in [1.165, 1.54) is 0 Å². The van der Waals surface area contributed by atoms with Crippen LogP contribution in [0.15, 0.2) is 0 Å². The normalized spacial score (nSPS) is 12.2. The first-order valence-electron chi connectivity index (χ1n) is 7.89. The quantitative estimate of drug-likeness (QED) is 0.481. The summed E-state index contributed by atoms with van der Waals surface area (Å²) in [4.78, 5) is 34.3. The van der Waals surface area contributed by atoms with Gasteiger partial charge in [0, 0.05) is 13.1 Å². The molecule has 0 saturated heterocycles. The van der Waals surface area contributed by atoms with Crippen LogP contribution in [-0.4, -0.2) is 47.9 Å². The fourth-order valence-corrected chi connectivity index (χ4v) is 1.76. The summed E-state index contributed by atoms with van der Waals surface area (Å²) in [6, 6.07) is -0.693. The Labute approximate surface area is 137 Å². The van der Waals surface area contributed by atoms with E-state index in [2.05, 4.69) is 16.0 Å². The second-order valence-electron chi connectivity index (χ2n) is 6.22. The molecule has 0 rings (SSSR count). The van der Waals surface area contributed by atoms with Crippen molar-refractivity contribution in [1.29, 1.82) is 0 Å². The number of rotatable bonds is 9. The van der Waals surface area contributed by atoms with Crippen LogP contribution in [0.4, 0.5) is 9.59 Å². The second kappa shape index (κ2) is 10.7. The average Bonchev–Trinajstić information content (AvgIpc) is 2.40. The average molecular weight is 331 g/mol. The van der Waals surface area contributed by atoms with Crippen LogP contribution in [0.2, 0.25) is 0 Å². The Morgan fingerprint density at radius 2 is 1.74 bits per heavy atom. The van der Waals surface area contributed by atoms with Gasteiger partial charge < -0.3 is 25.8 Å². The van der Waals surface area contributed by atoms with E-state index in [9.17, 15) is 14.4 Å². The first-order valence-corrected chi connectivity index (χ1v) is 7.89. The smallest absolute Gasteiger partial charge is 0.408 e. The van der Waals surface area contributed by atoms with Gasteiger partial charge in [-0.1, -0.05) is 6.92 Å². The summed E-state index contributed by atoms with van der Waals surface area (Å²) < 4.78 is 5.16. The lowest BCUT2D eigenvalue weighted by molar-refractivity contribution is -0.123. The Bertz CT molecular complexity index is 393. The molecule has 8 nitrogen and oxygen atoms in total. The van der Waals surface area contributed by atoms with E-state index in [4.69, 9.17) is 9.84 Å². The molecule has 3 amide bonds. The summed E-state index contributed by atoms with van der Waals surface area (Å²) in [5, 5.41) is 16.1. The maximum absolute atomic E-state index is 12.1. The molecule has 0 saturated carbocycles. The number of amides is 3. The van der Waals surface area contributed by atoms with Crippen molar-refractivity contribution in [2.24, 2.45) is 0 Å². The van der Waals surface area contributed by atoms with Gasteiger partial charge in [-0.3, -0.25) is 4.79 Å². The van der Waals surface area contributed by atoms with Crippen molar-refractivity contribution in [2.75, 3.05) is 13.1 Å². The number of hydrogen-bond donors (Lipinski definition) is 4. The summed E-state index contributed by atoms with van der Waals surface area (Å²) in [6.07, 6.45) is 0.677. The largest absolute Gasteiger partial charge is 0.465 e. The van der Waals surface area contributed by atoms with Gasteiger partial charge in [-0.05, 0) is 46.5 Å². The fraction of sp³-hybridized carbons (Fsp3) is 0.800.